The van der Waals surface area contributed by atoms with E-state index in [4.69, 9.17) is 0 Å². The number of aliphatic hydroxyl groups excluding tert-OH is 1. The summed E-state index contributed by atoms with van der Waals surface area (Å²) in [5, 5.41) is 13.0. The summed E-state index contributed by atoms with van der Waals surface area (Å²) in [5.74, 6) is 0.445. The summed E-state index contributed by atoms with van der Waals surface area (Å²) in [6.45, 7) is 3.25. The van der Waals surface area contributed by atoms with E-state index in [-0.39, 0.29) is 12.6 Å². The number of rotatable bonds is 7. The van der Waals surface area contributed by atoms with E-state index in [0.29, 0.717) is 5.92 Å². The molecule has 0 bridgehead atoms. The zero-order valence-corrected chi connectivity index (χ0v) is 12.0. The minimum absolute atomic E-state index is 0.114. The Balaban J connectivity index is 1.85. The van der Waals surface area contributed by atoms with Crippen molar-refractivity contribution in [3.8, 4) is 0 Å². The van der Waals surface area contributed by atoms with E-state index in [9.17, 15) is 5.11 Å². The highest BCUT2D eigenvalue weighted by molar-refractivity contribution is 5.19. The van der Waals surface area contributed by atoms with Crippen LogP contribution >= 0.6 is 0 Å². The van der Waals surface area contributed by atoms with E-state index in [1.54, 1.807) is 0 Å². The molecule has 0 aliphatic rings. The third-order valence-corrected chi connectivity index (χ3v) is 3.63. The molecule has 20 heavy (non-hydrogen) atoms. The van der Waals surface area contributed by atoms with Gasteiger partial charge in [-0.3, -0.25) is 0 Å². The lowest BCUT2D eigenvalue weighted by Gasteiger charge is -2.20. The molecule has 2 unspecified atom stereocenters. The Labute approximate surface area is 121 Å². The summed E-state index contributed by atoms with van der Waals surface area (Å²) in [6.07, 6.45) is 0.860. The van der Waals surface area contributed by atoms with Crippen molar-refractivity contribution in [2.24, 2.45) is 0 Å². The van der Waals surface area contributed by atoms with Crippen molar-refractivity contribution in [3.05, 3.63) is 71.8 Å². The normalized spacial score (nSPS) is 13.9. The van der Waals surface area contributed by atoms with Crippen LogP contribution in [0.4, 0.5) is 0 Å². The van der Waals surface area contributed by atoms with Crippen LogP contribution in [0.15, 0.2) is 60.7 Å². The first-order valence-corrected chi connectivity index (χ1v) is 7.22. The topological polar surface area (TPSA) is 32.3 Å². The predicted molar refractivity (Wildman–Crippen MR) is 83.9 cm³/mol. The number of aliphatic hydroxyl groups is 1. The molecule has 2 atom stereocenters. The Morgan fingerprint density at radius 1 is 0.950 bits per heavy atom. The molecular formula is C18H23NO. The summed E-state index contributed by atoms with van der Waals surface area (Å²) in [7, 11) is 0. The van der Waals surface area contributed by atoms with Crippen LogP contribution in [0.25, 0.3) is 0 Å². The molecule has 0 fully saturated rings. The van der Waals surface area contributed by atoms with Crippen molar-refractivity contribution < 1.29 is 5.11 Å². The van der Waals surface area contributed by atoms with Crippen molar-refractivity contribution in [1.82, 2.24) is 5.32 Å². The SMILES string of the molecule is CC(CNC(CO)Cc1ccccc1)c1ccccc1. The highest BCUT2D eigenvalue weighted by Gasteiger charge is 2.11. The quantitative estimate of drug-likeness (QED) is 0.810. The molecule has 0 spiro atoms. The molecule has 0 aliphatic carbocycles. The summed E-state index contributed by atoms with van der Waals surface area (Å²) < 4.78 is 0. The first kappa shape index (κ1) is 14.8. The molecular weight excluding hydrogens is 246 g/mol. The van der Waals surface area contributed by atoms with Gasteiger partial charge in [-0.1, -0.05) is 67.6 Å². The van der Waals surface area contributed by atoms with E-state index in [1.165, 1.54) is 11.1 Å². The maximum atomic E-state index is 9.51. The minimum atomic E-state index is 0.114. The molecule has 0 saturated carbocycles. The van der Waals surface area contributed by atoms with Gasteiger partial charge in [-0.05, 0) is 23.5 Å². The van der Waals surface area contributed by atoms with Gasteiger partial charge in [-0.2, -0.15) is 0 Å². The van der Waals surface area contributed by atoms with E-state index in [2.05, 4.69) is 48.6 Å². The highest BCUT2D eigenvalue weighted by Crippen LogP contribution is 2.13. The molecule has 2 nitrogen and oxygen atoms in total. The van der Waals surface area contributed by atoms with Crippen LogP contribution in [0.5, 0.6) is 0 Å². The zero-order valence-electron chi connectivity index (χ0n) is 12.0. The molecule has 2 rings (SSSR count). The van der Waals surface area contributed by atoms with Crippen LogP contribution in [0.1, 0.15) is 24.0 Å². The fourth-order valence-electron chi connectivity index (χ4n) is 2.34. The lowest BCUT2D eigenvalue weighted by atomic mass is 10.00. The maximum absolute atomic E-state index is 9.51. The van der Waals surface area contributed by atoms with Crippen molar-refractivity contribution in [2.75, 3.05) is 13.2 Å². The lowest BCUT2D eigenvalue weighted by molar-refractivity contribution is 0.240. The van der Waals surface area contributed by atoms with Gasteiger partial charge in [0.05, 0.1) is 6.61 Å². The molecule has 2 N–H and O–H groups in total. The smallest absolute Gasteiger partial charge is 0.0587 e. The molecule has 2 aromatic rings. The average molecular weight is 269 g/mol. The Morgan fingerprint density at radius 2 is 1.55 bits per heavy atom. The molecule has 0 amide bonds. The minimum Gasteiger partial charge on any atom is -0.395 e. The molecule has 2 heteroatoms. The third-order valence-electron chi connectivity index (χ3n) is 3.63. The van der Waals surface area contributed by atoms with E-state index in [0.717, 1.165) is 13.0 Å². The second kappa shape index (κ2) is 7.83. The van der Waals surface area contributed by atoms with E-state index >= 15 is 0 Å². The monoisotopic (exact) mass is 269 g/mol. The van der Waals surface area contributed by atoms with Gasteiger partial charge < -0.3 is 10.4 Å². The largest absolute Gasteiger partial charge is 0.395 e. The van der Waals surface area contributed by atoms with Crippen molar-refractivity contribution in [1.29, 1.82) is 0 Å². The average Bonchev–Trinajstić information content (AvgIpc) is 2.53. The van der Waals surface area contributed by atoms with Gasteiger partial charge in [-0.15, -0.1) is 0 Å². The van der Waals surface area contributed by atoms with Gasteiger partial charge in [0.2, 0.25) is 0 Å². The molecule has 0 saturated heterocycles. The van der Waals surface area contributed by atoms with Crippen LogP contribution in [0.3, 0.4) is 0 Å². The number of benzene rings is 2. The summed E-state index contributed by atoms with van der Waals surface area (Å²) >= 11 is 0. The van der Waals surface area contributed by atoms with E-state index in [1.807, 2.05) is 24.3 Å². The molecule has 0 aromatic heterocycles. The predicted octanol–water partition coefficient (Wildman–Crippen LogP) is 2.98. The first-order valence-electron chi connectivity index (χ1n) is 7.22. The van der Waals surface area contributed by atoms with Crippen molar-refractivity contribution in [3.63, 3.8) is 0 Å². The number of hydrogen-bond donors (Lipinski definition) is 2. The number of hydrogen-bond acceptors (Lipinski definition) is 2. The second-order valence-corrected chi connectivity index (χ2v) is 5.29. The summed E-state index contributed by atoms with van der Waals surface area (Å²) in [4.78, 5) is 0. The lowest BCUT2D eigenvalue weighted by Crippen LogP contribution is -2.36. The zero-order chi connectivity index (χ0) is 14.2. The summed E-state index contributed by atoms with van der Waals surface area (Å²) in [5.41, 5.74) is 2.59. The summed E-state index contributed by atoms with van der Waals surface area (Å²) in [6, 6.07) is 20.9. The molecule has 0 radical (unpaired) electrons. The molecule has 0 heterocycles. The van der Waals surface area contributed by atoms with Gasteiger partial charge in [-0.25, -0.2) is 0 Å². The number of nitrogens with one attached hydrogen (secondary N) is 1. The highest BCUT2D eigenvalue weighted by atomic mass is 16.3. The van der Waals surface area contributed by atoms with Crippen LogP contribution in [-0.4, -0.2) is 24.3 Å². The molecule has 106 valence electrons. The van der Waals surface area contributed by atoms with Crippen molar-refractivity contribution in [2.45, 2.75) is 25.3 Å². The van der Waals surface area contributed by atoms with Gasteiger partial charge in [0.25, 0.3) is 0 Å². The third kappa shape index (κ3) is 4.48. The Bertz CT molecular complexity index is 483. The van der Waals surface area contributed by atoms with Gasteiger partial charge in [0.1, 0.15) is 0 Å². The standard InChI is InChI=1S/C18H23NO/c1-15(17-10-6-3-7-11-17)13-19-18(14-20)12-16-8-4-2-5-9-16/h2-11,15,18-20H,12-14H2,1H3. The fourth-order valence-corrected chi connectivity index (χ4v) is 2.34. The first-order chi connectivity index (χ1) is 9.79. The van der Waals surface area contributed by atoms with Gasteiger partial charge in [0.15, 0.2) is 0 Å². The Hall–Kier alpha value is -1.64. The Kier molecular flexibility index (Phi) is 5.78. The Morgan fingerprint density at radius 3 is 2.15 bits per heavy atom. The van der Waals surface area contributed by atoms with Crippen molar-refractivity contribution >= 4 is 0 Å². The van der Waals surface area contributed by atoms with Crippen LogP contribution in [0.2, 0.25) is 0 Å². The van der Waals surface area contributed by atoms with Gasteiger partial charge >= 0.3 is 0 Å². The maximum Gasteiger partial charge on any atom is 0.0587 e. The fraction of sp³-hybridized carbons (Fsp3) is 0.333. The van der Waals surface area contributed by atoms with Crippen LogP contribution < -0.4 is 5.32 Å². The van der Waals surface area contributed by atoms with Gasteiger partial charge in [0, 0.05) is 12.6 Å². The molecule has 2 aromatic carbocycles. The molecule has 0 aliphatic heterocycles. The van der Waals surface area contributed by atoms with Crippen LogP contribution in [-0.2, 0) is 6.42 Å². The van der Waals surface area contributed by atoms with E-state index < -0.39 is 0 Å². The second-order valence-electron chi connectivity index (χ2n) is 5.29. The van der Waals surface area contributed by atoms with Crippen LogP contribution in [0, 0.1) is 0 Å².